The fourth-order valence-corrected chi connectivity index (χ4v) is 2.92. The van der Waals surface area contributed by atoms with E-state index < -0.39 is 23.8 Å². The summed E-state index contributed by atoms with van der Waals surface area (Å²) in [6.07, 6.45) is -0.886. The molecule has 1 saturated carbocycles. The second-order valence-electron chi connectivity index (χ2n) is 6.52. The average molecular weight is 396 g/mol. The number of aliphatic hydroxyl groups excluding tert-OH is 1. The van der Waals surface area contributed by atoms with Gasteiger partial charge in [0.25, 0.3) is 5.91 Å². The molecule has 5 N–H and O–H groups in total. The van der Waals surface area contributed by atoms with Crippen LogP contribution in [0.5, 0.6) is 0 Å². The molecule has 1 aliphatic carbocycles. The van der Waals surface area contributed by atoms with Gasteiger partial charge in [-0.1, -0.05) is 0 Å². The van der Waals surface area contributed by atoms with E-state index >= 15 is 0 Å². The van der Waals surface area contributed by atoms with Gasteiger partial charge in [-0.15, -0.1) is 0 Å². The maximum absolute atomic E-state index is 13.3. The van der Waals surface area contributed by atoms with Crippen LogP contribution in [0.1, 0.15) is 41.7 Å². The molecule has 8 nitrogen and oxygen atoms in total. The van der Waals surface area contributed by atoms with Crippen molar-refractivity contribution in [1.29, 1.82) is 0 Å². The standard InChI is InChI=1S/C17H19F3N6O2/c18-17(19,20)12-8-23-16(25-10-3-6-13(14(21)28)22-7-10)26-15(12)24-9-1-4-11(27)5-2-9/h3,6-9,11,27H,1-2,4-5H2,(H2,21,28)(H2,23,24,25,26)/t9-,11-. The summed E-state index contributed by atoms with van der Waals surface area (Å²) in [5.41, 5.74) is 4.59. The third-order valence-corrected chi connectivity index (χ3v) is 4.40. The molecule has 11 heteroatoms. The number of hydrogen-bond donors (Lipinski definition) is 4. The lowest BCUT2D eigenvalue weighted by molar-refractivity contribution is -0.137. The minimum absolute atomic E-state index is 0.0556. The van der Waals surface area contributed by atoms with Crippen LogP contribution in [-0.4, -0.2) is 38.1 Å². The summed E-state index contributed by atoms with van der Waals surface area (Å²) in [5, 5.41) is 15.1. The molecular formula is C17H19F3N6O2. The number of aromatic nitrogens is 3. The van der Waals surface area contributed by atoms with Crippen LogP contribution in [0.25, 0.3) is 0 Å². The molecule has 0 spiro atoms. The van der Waals surface area contributed by atoms with Gasteiger partial charge in [0.1, 0.15) is 17.1 Å². The van der Waals surface area contributed by atoms with E-state index in [-0.39, 0.29) is 23.5 Å². The van der Waals surface area contributed by atoms with Crippen LogP contribution >= 0.6 is 0 Å². The predicted molar refractivity (Wildman–Crippen MR) is 95.0 cm³/mol. The number of amides is 1. The Morgan fingerprint density at radius 1 is 1.14 bits per heavy atom. The van der Waals surface area contributed by atoms with Crippen LogP contribution in [0.15, 0.2) is 24.5 Å². The summed E-state index contributed by atoms with van der Waals surface area (Å²) >= 11 is 0. The Bertz CT molecular complexity index is 836. The van der Waals surface area contributed by atoms with Gasteiger partial charge in [0.05, 0.1) is 18.0 Å². The lowest BCUT2D eigenvalue weighted by Crippen LogP contribution is -2.29. The Morgan fingerprint density at radius 2 is 1.86 bits per heavy atom. The van der Waals surface area contributed by atoms with Gasteiger partial charge in [-0.3, -0.25) is 4.79 Å². The largest absolute Gasteiger partial charge is 0.421 e. The molecule has 0 bridgehead atoms. The smallest absolute Gasteiger partial charge is 0.393 e. The summed E-state index contributed by atoms with van der Waals surface area (Å²) in [7, 11) is 0. The maximum Gasteiger partial charge on any atom is 0.421 e. The molecule has 0 saturated heterocycles. The molecule has 1 aliphatic rings. The van der Waals surface area contributed by atoms with E-state index in [1.54, 1.807) is 0 Å². The normalized spacial score (nSPS) is 19.9. The first kappa shape index (κ1) is 19.8. The lowest BCUT2D eigenvalue weighted by atomic mass is 9.93. The topological polar surface area (TPSA) is 126 Å². The van der Waals surface area contributed by atoms with E-state index in [9.17, 15) is 23.1 Å². The number of alkyl halides is 3. The molecule has 2 aromatic heterocycles. The second kappa shape index (κ2) is 7.97. The van der Waals surface area contributed by atoms with Crippen molar-refractivity contribution in [3.05, 3.63) is 35.8 Å². The zero-order valence-electron chi connectivity index (χ0n) is 14.7. The average Bonchev–Trinajstić information content (AvgIpc) is 2.63. The Kier molecular flexibility index (Phi) is 5.63. The number of halogens is 3. The Balaban J connectivity index is 1.81. The molecular weight excluding hydrogens is 377 g/mol. The van der Waals surface area contributed by atoms with Gasteiger partial charge < -0.3 is 21.5 Å². The molecule has 1 amide bonds. The number of rotatable bonds is 5. The van der Waals surface area contributed by atoms with E-state index in [1.807, 2.05) is 0 Å². The number of hydrogen-bond acceptors (Lipinski definition) is 7. The first-order valence-corrected chi connectivity index (χ1v) is 8.64. The number of pyridine rings is 1. The Morgan fingerprint density at radius 3 is 2.43 bits per heavy atom. The third kappa shape index (κ3) is 4.85. The van der Waals surface area contributed by atoms with Crippen LogP contribution < -0.4 is 16.4 Å². The summed E-state index contributed by atoms with van der Waals surface area (Å²) < 4.78 is 39.9. The van der Waals surface area contributed by atoms with Crippen molar-refractivity contribution >= 4 is 23.4 Å². The molecule has 28 heavy (non-hydrogen) atoms. The summed E-state index contributed by atoms with van der Waals surface area (Å²) in [6.45, 7) is 0. The van der Waals surface area contributed by atoms with Gasteiger partial charge in [0, 0.05) is 12.2 Å². The summed E-state index contributed by atoms with van der Waals surface area (Å²) in [5.74, 6) is -1.07. The highest BCUT2D eigenvalue weighted by atomic mass is 19.4. The van der Waals surface area contributed by atoms with Gasteiger partial charge in [-0.25, -0.2) is 9.97 Å². The third-order valence-electron chi connectivity index (χ3n) is 4.40. The molecule has 0 unspecified atom stereocenters. The highest BCUT2D eigenvalue weighted by Crippen LogP contribution is 2.35. The maximum atomic E-state index is 13.3. The van der Waals surface area contributed by atoms with Gasteiger partial charge in [-0.05, 0) is 37.8 Å². The first-order chi connectivity index (χ1) is 13.2. The number of nitrogens with two attached hydrogens (primary N) is 1. The van der Waals surface area contributed by atoms with Crippen molar-refractivity contribution in [2.75, 3.05) is 10.6 Å². The van der Waals surface area contributed by atoms with Gasteiger partial charge >= 0.3 is 6.18 Å². The molecule has 150 valence electrons. The van der Waals surface area contributed by atoms with Crippen molar-refractivity contribution in [2.24, 2.45) is 5.73 Å². The minimum atomic E-state index is -4.61. The van der Waals surface area contributed by atoms with Crippen LogP contribution in [0.4, 0.5) is 30.6 Å². The Hall–Kier alpha value is -2.95. The fraction of sp³-hybridized carbons (Fsp3) is 0.412. The van der Waals surface area contributed by atoms with Gasteiger partial charge in [0.2, 0.25) is 5.95 Å². The van der Waals surface area contributed by atoms with Crippen molar-refractivity contribution in [3.63, 3.8) is 0 Å². The number of nitrogens with zero attached hydrogens (tertiary/aromatic N) is 3. The van der Waals surface area contributed by atoms with E-state index in [1.165, 1.54) is 18.3 Å². The highest BCUT2D eigenvalue weighted by Gasteiger charge is 2.36. The van der Waals surface area contributed by atoms with Crippen LogP contribution in [-0.2, 0) is 6.18 Å². The lowest BCUT2D eigenvalue weighted by Gasteiger charge is -2.27. The van der Waals surface area contributed by atoms with Crippen molar-refractivity contribution in [2.45, 2.75) is 44.0 Å². The highest BCUT2D eigenvalue weighted by molar-refractivity contribution is 5.90. The van der Waals surface area contributed by atoms with Crippen LogP contribution in [0.2, 0.25) is 0 Å². The number of carbonyl (C=O) groups is 1. The van der Waals surface area contributed by atoms with Gasteiger partial charge in [0.15, 0.2) is 0 Å². The predicted octanol–water partition coefficient (Wildman–Crippen LogP) is 2.45. The molecule has 2 aromatic rings. The molecule has 1 fully saturated rings. The van der Waals surface area contributed by atoms with Crippen LogP contribution in [0, 0.1) is 0 Å². The first-order valence-electron chi connectivity index (χ1n) is 8.64. The fourth-order valence-electron chi connectivity index (χ4n) is 2.92. The van der Waals surface area contributed by atoms with Crippen molar-refractivity contribution in [3.8, 4) is 0 Å². The van der Waals surface area contributed by atoms with E-state index in [4.69, 9.17) is 5.73 Å². The van der Waals surface area contributed by atoms with Gasteiger partial charge in [-0.2, -0.15) is 18.2 Å². The molecule has 0 atom stereocenters. The number of nitrogens with one attached hydrogen (secondary N) is 2. The number of anilines is 3. The van der Waals surface area contributed by atoms with Crippen LogP contribution in [0.3, 0.4) is 0 Å². The SMILES string of the molecule is NC(=O)c1ccc(Nc2ncc(C(F)(F)F)c(N[C@H]3CC[C@H](O)CC3)n2)cn1. The zero-order chi connectivity index (χ0) is 20.3. The molecule has 3 rings (SSSR count). The monoisotopic (exact) mass is 396 g/mol. The Labute approximate surface area is 158 Å². The summed E-state index contributed by atoms with van der Waals surface area (Å²) in [4.78, 5) is 22.6. The molecule has 0 aliphatic heterocycles. The number of carbonyl (C=O) groups excluding carboxylic acids is 1. The molecule has 0 radical (unpaired) electrons. The van der Waals surface area contributed by atoms with E-state index in [0.29, 0.717) is 37.6 Å². The molecule has 2 heterocycles. The molecule has 0 aromatic carbocycles. The summed E-state index contributed by atoms with van der Waals surface area (Å²) in [6, 6.07) is 2.65. The number of primary amides is 1. The van der Waals surface area contributed by atoms with E-state index in [0.717, 1.165) is 0 Å². The number of aliphatic hydroxyl groups is 1. The quantitative estimate of drug-likeness (QED) is 0.611. The van der Waals surface area contributed by atoms with Crippen molar-refractivity contribution in [1.82, 2.24) is 15.0 Å². The minimum Gasteiger partial charge on any atom is -0.393 e. The zero-order valence-corrected chi connectivity index (χ0v) is 14.7. The van der Waals surface area contributed by atoms with Crippen molar-refractivity contribution < 1.29 is 23.1 Å². The second-order valence-corrected chi connectivity index (χ2v) is 6.52. The van der Waals surface area contributed by atoms with E-state index in [2.05, 4.69) is 25.6 Å².